The first-order chi connectivity index (χ1) is 12.1. The van der Waals surface area contributed by atoms with Gasteiger partial charge in [0.05, 0.1) is 30.3 Å². The number of aromatic nitrogens is 2. The number of para-hydroxylation sites is 2. The summed E-state index contributed by atoms with van der Waals surface area (Å²) in [7, 11) is 3.34. The van der Waals surface area contributed by atoms with Gasteiger partial charge in [0.2, 0.25) is 0 Å². The molecule has 25 heavy (non-hydrogen) atoms. The molecule has 1 aromatic heterocycles. The lowest BCUT2D eigenvalue weighted by Crippen LogP contribution is -2.29. The third kappa shape index (κ3) is 3.77. The molecule has 0 aliphatic carbocycles. The van der Waals surface area contributed by atoms with Crippen LogP contribution in [0.3, 0.4) is 0 Å². The Balaban J connectivity index is 1.60. The van der Waals surface area contributed by atoms with Crippen LogP contribution in [-0.2, 0) is 18.3 Å². The summed E-state index contributed by atoms with van der Waals surface area (Å²) in [5.74, 6) is 0.528. The van der Waals surface area contributed by atoms with E-state index >= 15 is 0 Å². The molecule has 7 heteroatoms. The number of nitrogens with one attached hydrogen (secondary N) is 2. The Morgan fingerprint density at radius 1 is 1.20 bits per heavy atom. The van der Waals surface area contributed by atoms with E-state index in [4.69, 9.17) is 12.2 Å². The molecule has 0 saturated heterocycles. The van der Waals surface area contributed by atoms with Crippen molar-refractivity contribution in [1.29, 1.82) is 0 Å². The van der Waals surface area contributed by atoms with Crippen LogP contribution in [0.5, 0.6) is 0 Å². The Morgan fingerprint density at radius 2 is 1.92 bits per heavy atom. The molecule has 2 aromatic carbocycles. The predicted octanol–water partition coefficient (Wildman–Crippen LogP) is 2.85. The Bertz CT molecular complexity index is 918. The van der Waals surface area contributed by atoms with Crippen LogP contribution < -0.4 is 10.6 Å². The molecule has 0 aliphatic heterocycles. The van der Waals surface area contributed by atoms with Gasteiger partial charge in [0.1, 0.15) is 5.82 Å². The quantitative estimate of drug-likeness (QED) is 0.555. The highest BCUT2D eigenvalue weighted by atomic mass is 32.1. The first-order valence-electron chi connectivity index (χ1n) is 7.72. The minimum Gasteiger partial charge on any atom is -0.465 e. The summed E-state index contributed by atoms with van der Waals surface area (Å²) in [6.07, 6.45) is 0. The largest absolute Gasteiger partial charge is 0.465 e. The Kier molecular flexibility index (Phi) is 4.95. The average Bonchev–Trinajstić information content (AvgIpc) is 2.96. The summed E-state index contributed by atoms with van der Waals surface area (Å²) in [4.78, 5) is 16.0. The lowest BCUT2D eigenvalue weighted by atomic mass is 10.2. The molecule has 1 heterocycles. The van der Waals surface area contributed by atoms with Crippen molar-refractivity contribution in [1.82, 2.24) is 14.9 Å². The number of hydrogen-bond acceptors (Lipinski definition) is 4. The summed E-state index contributed by atoms with van der Waals surface area (Å²) in [5.41, 5.74) is 3.32. The molecule has 3 rings (SSSR count). The summed E-state index contributed by atoms with van der Waals surface area (Å²) < 4.78 is 6.71. The summed E-state index contributed by atoms with van der Waals surface area (Å²) in [5, 5.41) is 6.71. The van der Waals surface area contributed by atoms with Crippen LogP contribution in [0.4, 0.5) is 5.69 Å². The Labute approximate surface area is 150 Å². The van der Waals surface area contributed by atoms with Crippen molar-refractivity contribution in [2.45, 2.75) is 6.54 Å². The SMILES string of the molecule is COC(=O)c1ccc(NC(=S)NCc2nc3ccccc3n2C)cc1. The van der Waals surface area contributed by atoms with Crippen LogP contribution in [-0.4, -0.2) is 27.7 Å². The zero-order valence-electron chi connectivity index (χ0n) is 13.9. The highest BCUT2D eigenvalue weighted by Crippen LogP contribution is 2.14. The number of esters is 1. The number of rotatable bonds is 4. The lowest BCUT2D eigenvalue weighted by molar-refractivity contribution is 0.0601. The van der Waals surface area contributed by atoms with Crippen LogP contribution in [0.1, 0.15) is 16.2 Å². The van der Waals surface area contributed by atoms with E-state index in [2.05, 4.69) is 20.4 Å². The number of carbonyl (C=O) groups is 1. The molecule has 6 nitrogen and oxygen atoms in total. The van der Waals surface area contributed by atoms with Gasteiger partial charge < -0.3 is 19.9 Å². The normalized spacial score (nSPS) is 10.5. The smallest absolute Gasteiger partial charge is 0.337 e. The molecule has 0 amide bonds. The minimum absolute atomic E-state index is 0.367. The number of aryl methyl sites for hydroxylation is 1. The van der Waals surface area contributed by atoms with E-state index in [1.165, 1.54) is 7.11 Å². The molecular formula is C18H18N4O2S. The van der Waals surface area contributed by atoms with Gasteiger partial charge in [-0.15, -0.1) is 0 Å². The van der Waals surface area contributed by atoms with Crippen LogP contribution in [0.25, 0.3) is 11.0 Å². The van der Waals surface area contributed by atoms with Crippen LogP contribution in [0, 0.1) is 0 Å². The maximum atomic E-state index is 11.4. The maximum Gasteiger partial charge on any atom is 0.337 e. The van der Waals surface area contributed by atoms with Gasteiger partial charge in [0, 0.05) is 12.7 Å². The highest BCUT2D eigenvalue weighted by molar-refractivity contribution is 7.80. The zero-order chi connectivity index (χ0) is 17.8. The van der Waals surface area contributed by atoms with Crippen molar-refractivity contribution in [3.8, 4) is 0 Å². The van der Waals surface area contributed by atoms with E-state index in [1.807, 2.05) is 35.9 Å². The molecule has 0 spiro atoms. The standard InChI is InChI=1S/C18H18N4O2S/c1-22-15-6-4-3-5-14(15)21-16(22)11-19-18(25)20-13-9-7-12(8-10-13)17(23)24-2/h3-10H,11H2,1-2H3,(H2,19,20,25). The summed E-state index contributed by atoms with van der Waals surface area (Å²) >= 11 is 5.32. The average molecular weight is 354 g/mol. The molecule has 2 N–H and O–H groups in total. The van der Waals surface area contributed by atoms with Gasteiger partial charge in [-0.1, -0.05) is 12.1 Å². The lowest BCUT2D eigenvalue weighted by Gasteiger charge is -2.11. The molecule has 128 valence electrons. The molecule has 0 atom stereocenters. The second-order valence-corrected chi connectivity index (χ2v) is 5.86. The van der Waals surface area contributed by atoms with Crippen molar-refractivity contribution >= 4 is 40.0 Å². The number of ether oxygens (including phenoxy) is 1. The fourth-order valence-electron chi connectivity index (χ4n) is 2.50. The second-order valence-electron chi connectivity index (χ2n) is 5.45. The van der Waals surface area contributed by atoms with Crippen molar-refractivity contribution in [2.24, 2.45) is 7.05 Å². The Hall–Kier alpha value is -2.93. The Morgan fingerprint density at radius 3 is 2.60 bits per heavy atom. The summed E-state index contributed by atoms with van der Waals surface area (Å²) in [6, 6.07) is 14.9. The van der Waals surface area contributed by atoms with Gasteiger partial charge in [0.25, 0.3) is 0 Å². The molecule has 0 unspecified atom stereocenters. The number of hydrogen-bond donors (Lipinski definition) is 2. The number of anilines is 1. The fraction of sp³-hybridized carbons (Fsp3) is 0.167. The van der Waals surface area contributed by atoms with Crippen molar-refractivity contribution < 1.29 is 9.53 Å². The number of carbonyl (C=O) groups excluding carboxylic acids is 1. The number of nitrogens with zero attached hydrogens (tertiary/aromatic N) is 2. The van der Waals surface area contributed by atoms with Gasteiger partial charge in [-0.2, -0.15) is 0 Å². The van der Waals surface area contributed by atoms with E-state index < -0.39 is 0 Å². The van der Waals surface area contributed by atoms with E-state index in [9.17, 15) is 4.79 Å². The molecular weight excluding hydrogens is 336 g/mol. The highest BCUT2D eigenvalue weighted by Gasteiger charge is 2.08. The second kappa shape index (κ2) is 7.31. The first kappa shape index (κ1) is 16.9. The number of imidazole rings is 1. The molecule has 0 saturated carbocycles. The number of methoxy groups -OCH3 is 1. The van der Waals surface area contributed by atoms with Crippen molar-refractivity contribution in [2.75, 3.05) is 12.4 Å². The molecule has 3 aromatic rings. The van der Waals surface area contributed by atoms with Gasteiger partial charge in [-0.05, 0) is 48.6 Å². The number of fused-ring (bicyclic) bond motifs is 1. The number of benzene rings is 2. The van der Waals surface area contributed by atoms with E-state index in [0.717, 1.165) is 22.5 Å². The molecule has 0 aliphatic rings. The predicted molar refractivity (Wildman–Crippen MR) is 102 cm³/mol. The van der Waals surface area contributed by atoms with Gasteiger partial charge in [-0.3, -0.25) is 0 Å². The van der Waals surface area contributed by atoms with Crippen molar-refractivity contribution in [3.05, 3.63) is 59.9 Å². The third-order valence-electron chi connectivity index (χ3n) is 3.85. The monoisotopic (exact) mass is 354 g/mol. The van der Waals surface area contributed by atoms with Crippen LogP contribution in [0.15, 0.2) is 48.5 Å². The molecule has 0 radical (unpaired) electrons. The fourth-order valence-corrected chi connectivity index (χ4v) is 2.69. The van der Waals surface area contributed by atoms with Crippen LogP contribution in [0.2, 0.25) is 0 Å². The van der Waals surface area contributed by atoms with E-state index in [1.54, 1.807) is 24.3 Å². The first-order valence-corrected chi connectivity index (χ1v) is 8.13. The van der Waals surface area contributed by atoms with Gasteiger partial charge >= 0.3 is 5.97 Å². The topological polar surface area (TPSA) is 68.2 Å². The van der Waals surface area contributed by atoms with Gasteiger partial charge in [0.15, 0.2) is 5.11 Å². The van der Waals surface area contributed by atoms with Crippen LogP contribution >= 0.6 is 12.2 Å². The molecule has 0 bridgehead atoms. The maximum absolute atomic E-state index is 11.4. The summed E-state index contributed by atoms with van der Waals surface area (Å²) in [6.45, 7) is 0.511. The number of thiocarbonyl (C=S) groups is 1. The van der Waals surface area contributed by atoms with Crippen molar-refractivity contribution in [3.63, 3.8) is 0 Å². The van der Waals surface area contributed by atoms with E-state index in [0.29, 0.717) is 17.2 Å². The zero-order valence-corrected chi connectivity index (χ0v) is 14.8. The molecule has 0 fully saturated rings. The minimum atomic E-state index is -0.367. The van der Waals surface area contributed by atoms with E-state index in [-0.39, 0.29) is 5.97 Å². The van der Waals surface area contributed by atoms with Gasteiger partial charge in [-0.25, -0.2) is 9.78 Å². The third-order valence-corrected chi connectivity index (χ3v) is 4.10.